The maximum Gasteiger partial charge on any atom is 0.238 e. The largest absolute Gasteiger partial charge is 0.508 e. The highest BCUT2D eigenvalue weighted by molar-refractivity contribution is 7.92. The summed E-state index contributed by atoms with van der Waals surface area (Å²) in [6, 6.07) is 4.53. The quantitative estimate of drug-likeness (QED) is 0.558. The minimum atomic E-state index is -3.34. The van der Waals surface area contributed by atoms with E-state index < -0.39 is 21.0 Å². The summed E-state index contributed by atoms with van der Waals surface area (Å²) in [5.41, 5.74) is 6.53. The van der Waals surface area contributed by atoms with E-state index in [0.29, 0.717) is 24.1 Å². The summed E-state index contributed by atoms with van der Waals surface area (Å²) in [5, 5.41) is 11.2. The fourth-order valence-electron chi connectivity index (χ4n) is 2.29. The average Bonchev–Trinajstić information content (AvgIpc) is 2.39. The van der Waals surface area contributed by atoms with Gasteiger partial charge in [-0.05, 0) is 31.0 Å². The van der Waals surface area contributed by atoms with Crippen LogP contribution in [0.2, 0.25) is 0 Å². The van der Waals surface area contributed by atoms with Gasteiger partial charge in [0.05, 0.1) is 5.75 Å². The van der Waals surface area contributed by atoms with Gasteiger partial charge < -0.3 is 16.2 Å². The summed E-state index contributed by atoms with van der Waals surface area (Å²) < 4.78 is 23.7. The van der Waals surface area contributed by atoms with Crippen LogP contribution < -0.4 is 11.1 Å². The number of amides is 1. The first-order valence-corrected chi connectivity index (χ1v) is 8.18. The van der Waals surface area contributed by atoms with Gasteiger partial charge in [0.25, 0.3) is 0 Å². The molecule has 1 unspecified atom stereocenters. The Morgan fingerprint density at radius 3 is 2.85 bits per heavy atom. The van der Waals surface area contributed by atoms with Crippen LogP contribution in [-0.2, 0) is 21.2 Å². The number of carbonyl (C=O) groups is 1. The van der Waals surface area contributed by atoms with Gasteiger partial charge in [0.2, 0.25) is 5.91 Å². The number of hydrogen-bond donors (Lipinski definition) is 3. The van der Waals surface area contributed by atoms with E-state index in [4.69, 9.17) is 5.73 Å². The fraction of sp³-hybridized carbons (Fsp3) is 0.462. The molecule has 0 radical (unpaired) electrons. The molecule has 1 atom stereocenters. The summed E-state index contributed by atoms with van der Waals surface area (Å²) in [4.78, 5) is 12.0. The highest BCUT2D eigenvalue weighted by Crippen LogP contribution is 2.21. The molecule has 1 fully saturated rings. The Hall–Kier alpha value is -1.76. The van der Waals surface area contributed by atoms with Gasteiger partial charge >= 0.3 is 0 Å². The zero-order valence-corrected chi connectivity index (χ0v) is 11.8. The van der Waals surface area contributed by atoms with E-state index in [1.54, 1.807) is 12.1 Å². The number of carbonyl (C=O) groups excluding carboxylic acids is 1. The van der Waals surface area contributed by atoms with E-state index in [0.717, 1.165) is 6.42 Å². The maximum atomic E-state index is 12.0. The van der Waals surface area contributed by atoms with E-state index in [1.807, 2.05) is 0 Å². The van der Waals surface area contributed by atoms with Crippen molar-refractivity contribution in [1.82, 2.24) is 5.32 Å². The average molecular weight is 298 g/mol. The van der Waals surface area contributed by atoms with Crippen LogP contribution in [-0.4, -0.2) is 30.4 Å². The fourth-order valence-corrected chi connectivity index (χ4v) is 4.12. The number of anilines is 1. The van der Waals surface area contributed by atoms with Crippen molar-refractivity contribution in [1.29, 1.82) is 0 Å². The Balaban J connectivity index is 2.03. The lowest BCUT2D eigenvalue weighted by molar-refractivity contribution is -0.121. The van der Waals surface area contributed by atoms with Crippen molar-refractivity contribution in [2.45, 2.75) is 31.1 Å². The normalized spacial score (nSPS) is 21.3. The first kappa shape index (κ1) is 14.6. The van der Waals surface area contributed by atoms with Crippen LogP contribution in [0.15, 0.2) is 18.2 Å². The number of rotatable bonds is 3. The lowest BCUT2D eigenvalue weighted by Gasteiger charge is -2.21. The van der Waals surface area contributed by atoms with Crippen LogP contribution in [0, 0.1) is 0 Å². The first-order valence-electron chi connectivity index (χ1n) is 6.47. The zero-order valence-electron chi connectivity index (χ0n) is 11.0. The van der Waals surface area contributed by atoms with Gasteiger partial charge in [0.15, 0.2) is 9.84 Å². The zero-order chi connectivity index (χ0) is 14.8. The molecular weight excluding hydrogens is 280 g/mol. The number of aromatic hydroxyl groups is 1. The second kappa shape index (κ2) is 5.70. The molecule has 110 valence electrons. The SMILES string of the molecule is Nc1ccc(O)c(CNC(=O)C2CCCCS2(=O)=O)c1. The lowest BCUT2D eigenvalue weighted by Crippen LogP contribution is -2.42. The smallest absolute Gasteiger partial charge is 0.238 e. The molecule has 1 aromatic carbocycles. The Morgan fingerprint density at radius 1 is 1.40 bits per heavy atom. The topological polar surface area (TPSA) is 109 Å². The number of phenols is 1. The second-order valence-corrected chi connectivity index (χ2v) is 7.26. The molecule has 1 aromatic rings. The lowest BCUT2D eigenvalue weighted by atomic mass is 10.1. The van der Waals surface area contributed by atoms with Crippen molar-refractivity contribution < 1.29 is 18.3 Å². The van der Waals surface area contributed by atoms with Gasteiger partial charge in [-0.25, -0.2) is 8.42 Å². The summed E-state index contributed by atoms with van der Waals surface area (Å²) >= 11 is 0. The van der Waals surface area contributed by atoms with Gasteiger partial charge in [-0.1, -0.05) is 6.42 Å². The molecule has 0 aromatic heterocycles. The number of benzene rings is 1. The van der Waals surface area contributed by atoms with Crippen molar-refractivity contribution in [2.75, 3.05) is 11.5 Å². The van der Waals surface area contributed by atoms with Crippen molar-refractivity contribution in [3.8, 4) is 5.75 Å². The number of phenolic OH excluding ortho intramolecular Hbond substituents is 1. The summed E-state index contributed by atoms with van der Waals surface area (Å²) in [6.07, 6.45) is 1.71. The highest BCUT2D eigenvalue weighted by Gasteiger charge is 2.34. The number of sulfone groups is 1. The number of nitrogens with two attached hydrogens (primary N) is 1. The van der Waals surface area contributed by atoms with Crippen LogP contribution in [0.5, 0.6) is 5.75 Å². The minimum absolute atomic E-state index is 0.0194. The molecule has 6 nitrogen and oxygen atoms in total. The number of nitrogens with one attached hydrogen (secondary N) is 1. The molecule has 1 aliphatic heterocycles. The van der Waals surface area contributed by atoms with Crippen molar-refractivity contribution in [2.24, 2.45) is 0 Å². The molecular formula is C13H18N2O4S. The Morgan fingerprint density at radius 2 is 2.15 bits per heavy atom. The van der Waals surface area contributed by atoms with E-state index in [-0.39, 0.29) is 18.0 Å². The van der Waals surface area contributed by atoms with Crippen LogP contribution in [0.4, 0.5) is 5.69 Å². The standard InChI is InChI=1S/C13H18N2O4S/c14-10-4-5-11(16)9(7-10)8-15-13(17)12-3-1-2-6-20(12,18)19/h4-5,7,12,16H,1-3,6,8,14H2,(H,15,17). The summed E-state index contributed by atoms with van der Waals surface area (Å²) in [7, 11) is -3.34. The first-order chi connectivity index (χ1) is 9.40. The Kier molecular flexibility index (Phi) is 4.17. The monoisotopic (exact) mass is 298 g/mol. The molecule has 4 N–H and O–H groups in total. The van der Waals surface area contributed by atoms with Crippen molar-refractivity contribution in [3.63, 3.8) is 0 Å². The third-order valence-electron chi connectivity index (χ3n) is 3.43. The second-order valence-electron chi connectivity index (χ2n) is 4.96. The molecule has 2 rings (SSSR count). The highest BCUT2D eigenvalue weighted by atomic mass is 32.2. The molecule has 0 spiro atoms. The van der Waals surface area contributed by atoms with E-state index in [2.05, 4.69) is 5.32 Å². The molecule has 7 heteroatoms. The predicted octanol–water partition coefficient (Wildman–Crippen LogP) is 0.558. The van der Waals surface area contributed by atoms with Crippen molar-refractivity contribution >= 4 is 21.4 Å². The number of hydrogen-bond acceptors (Lipinski definition) is 5. The van der Waals surface area contributed by atoms with Crippen LogP contribution in [0.3, 0.4) is 0 Å². The van der Waals surface area contributed by atoms with Gasteiger partial charge in [-0.15, -0.1) is 0 Å². The molecule has 0 bridgehead atoms. The minimum Gasteiger partial charge on any atom is -0.508 e. The van der Waals surface area contributed by atoms with E-state index >= 15 is 0 Å². The number of nitrogen functional groups attached to an aromatic ring is 1. The van der Waals surface area contributed by atoms with E-state index in [9.17, 15) is 18.3 Å². The molecule has 0 aliphatic carbocycles. The Labute approximate surface area is 117 Å². The third kappa shape index (κ3) is 3.22. The van der Waals surface area contributed by atoms with Gasteiger partial charge in [0, 0.05) is 17.8 Å². The molecule has 20 heavy (non-hydrogen) atoms. The molecule has 1 amide bonds. The molecule has 1 saturated heterocycles. The van der Waals surface area contributed by atoms with Gasteiger partial charge in [-0.3, -0.25) is 4.79 Å². The van der Waals surface area contributed by atoms with Crippen LogP contribution >= 0.6 is 0 Å². The predicted molar refractivity (Wildman–Crippen MR) is 75.8 cm³/mol. The van der Waals surface area contributed by atoms with Gasteiger partial charge in [0.1, 0.15) is 11.0 Å². The van der Waals surface area contributed by atoms with Crippen molar-refractivity contribution in [3.05, 3.63) is 23.8 Å². The maximum absolute atomic E-state index is 12.0. The summed E-state index contributed by atoms with van der Waals surface area (Å²) in [6.45, 7) is 0.0573. The molecule has 0 saturated carbocycles. The summed E-state index contributed by atoms with van der Waals surface area (Å²) in [5.74, 6) is -0.424. The van der Waals surface area contributed by atoms with E-state index in [1.165, 1.54) is 6.07 Å². The van der Waals surface area contributed by atoms with Crippen LogP contribution in [0.1, 0.15) is 24.8 Å². The van der Waals surface area contributed by atoms with Crippen LogP contribution in [0.25, 0.3) is 0 Å². The Bertz CT molecular complexity index is 613. The molecule has 1 aliphatic rings. The molecule has 1 heterocycles. The third-order valence-corrected chi connectivity index (χ3v) is 5.60. The van der Waals surface area contributed by atoms with Gasteiger partial charge in [-0.2, -0.15) is 0 Å².